The summed E-state index contributed by atoms with van der Waals surface area (Å²) >= 11 is 0. The largest absolute Gasteiger partial charge is 0.267 e. The third-order valence-electron chi connectivity index (χ3n) is 2.49. The topological polar surface area (TPSA) is 0 Å². The van der Waals surface area contributed by atoms with Crippen LogP contribution in [0.5, 0.6) is 0 Å². The average Bonchev–Trinajstić information content (AvgIpc) is 2.18. The molecule has 0 saturated carbocycles. The van der Waals surface area contributed by atoms with Gasteiger partial charge in [-0.25, -0.2) is 8.78 Å². The number of halogens is 2. The van der Waals surface area contributed by atoms with Crippen LogP contribution in [0.3, 0.4) is 0 Å². The maximum absolute atomic E-state index is 13.1. The summed E-state index contributed by atoms with van der Waals surface area (Å²) in [7, 11) is 0. The second-order valence-corrected chi connectivity index (χ2v) is 3.65. The fourth-order valence-corrected chi connectivity index (χ4v) is 1.79. The van der Waals surface area contributed by atoms with E-state index in [1.807, 2.05) is 30.3 Å². The monoisotopic (exact) mass is 194 g/mol. The van der Waals surface area contributed by atoms with E-state index in [9.17, 15) is 8.78 Å². The van der Waals surface area contributed by atoms with Crippen LogP contribution in [0, 0.1) is 0 Å². The summed E-state index contributed by atoms with van der Waals surface area (Å²) in [5.74, 6) is -2.61. The Kier molecular flexibility index (Phi) is 2.36. The van der Waals surface area contributed by atoms with E-state index in [1.54, 1.807) is 0 Å². The van der Waals surface area contributed by atoms with Crippen molar-refractivity contribution in [1.82, 2.24) is 0 Å². The van der Waals surface area contributed by atoms with Crippen molar-refractivity contribution in [2.75, 3.05) is 0 Å². The fraction of sp³-hybridized carbons (Fsp3) is 0.333. The predicted molar refractivity (Wildman–Crippen MR) is 53.2 cm³/mol. The Balaban J connectivity index is 2.31. The summed E-state index contributed by atoms with van der Waals surface area (Å²) in [6, 6.07) is 9.41. The van der Waals surface area contributed by atoms with E-state index in [4.69, 9.17) is 0 Å². The van der Waals surface area contributed by atoms with E-state index >= 15 is 0 Å². The van der Waals surface area contributed by atoms with Crippen molar-refractivity contribution in [1.29, 1.82) is 0 Å². The van der Waals surface area contributed by atoms with E-state index in [0.29, 0.717) is 6.42 Å². The molecule has 0 nitrogen and oxygen atoms in total. The molecule has 74 valence electrons. The third kappa shape index (κ3) is 2.00. The molecule has 0 atom stereocenters. The van der Waals surface area contributed by atoms with E-state index in [-0.39, 0.29) is 6.42 Å². The van der Waals surface area contributed by atoms with Gasteiger partial charge in [-0.2, -0.15) is 0 Å². The van der Waals surface area contributed by atoms with Crippen LogP contribution in [-0.2, 0) is 0 Å². The second kappa shape index (κ2) is 3.52. The van der Waals surface area contributed by atoms with Crippen LogP contribution >= 0.6 is 0 Å². The Bertz CT molecular complexity index is 339. The van der Waals surface area contributed by atoms with Gasteiger partial charge in [0, 0.05) is 6.42 Å². The first-order chi connectivity index (χ1) is 6.67. The predicted octanol–water partition coefficient (Wildman–Crippen LogP) is 3.89. The summed E-state index contributed by atoms with van der Waals surface area (Å²) < 4.78 is 26.1. The molecular weight excluding hydrogens is 182 g/mol. The quantitative estimate of drug-likeness (QED) is 0.636. The first kappa shape index (κ1) is 9.38. The minimum Gasteiger partial charge on any atom is -0.202 e. The van der Waals surface area contributed by atoms with Gasteiger partial charge in [0.2, 0.25) is 0 Å². The maximum Gasteiger partial charge on any atom is 0.267 e. The smallest absolute Gasteiger partial charge is 0.202 e. The Morgan fingerprint density at radius 1 is 1.07 bits per heavy atom. The SMILES string of the molecule is FC1(F)C=C(c2ccccc2)CCC1. The molecule has 1 aliphatic rings. The van der Waals surface area contributed by atoms with Crippen molar-refractivity contribution in [3.8, 4) is 0 Å². The van der Waals surface area contributed by atoms with Crippen LogP contribution in [0.1, 0.15) is 24.8 Å². The number of rotatable bonds is 1. The first-order valence-corrected chi connectivity index (χ1v) is 4.82. The van der Waals surface area contributed by atoms with Crippen LogP contribution in [-0.4, -0.2) is 5.92 Å². The molecule has 1 aromatic rings. The third-order valence-corrected chi connectivity index (χ3v) is 2.49. The molecule has 0 aliphatic heterocycles. The van der Waals surface area contributed by atoms with Crippen molar-refractivity contribution in [2.45, 2.75) is 25.2 Å². The lowest BCUT2D eigenvalue weighted by atomic mass is 9.92. The maximum atomic E-state index is 13.1. The van der Waals surface area contributed by atoms with Crippen molar-refractivity contribution in [2.24, 2.45) is 0 Å². The van der Waals surface area contributed by atoms with Crippen LogP contribution in [0.4, 0.5) is 8.78 Å². The van der Waals surface area contributed by atoms with Gasteiger partial charge >= 0.3 is 0 Å². The molecule has 0 saturated heterocycles. The van der Waals surface area contributed by atoms with Gasteiger partial charge in [-0.3, -0.25) is 0 Å². The molecule has 2 rings (SSSR count). The highest BCUT2D eigenvalue weighted by atomic mass is 19.3. The summed E-state index contributed by atoms with van der Waals surface area (Å²) in [6.45, 7) is 0. The zero-order chi connectivity index (χ0) is 10.0. The summed E-state index contributed by atoms with van der Waals surface area (Å²) in [4.78, 5) is 0. The number of allylic oxidation sites excluding steroid dienone is 2. The van der Waals surface area contributed by atoms with Gasteiger partial charge in [0.05, 0.1) is 0 Å². The number of hydrogen-bond acceptors (Lipinski definition) is 0. The van der Waals surface area contributed by atoms with E-state index in [1.165, 1.54) is 0 Å². The average molecular weight is 194 g/mol. The fourth-order valence-electron chi connectivity index (χ4n) is 1.79. The standard InChI is InChI=1S/C12H12F2/c13-12(14)8-4-7-11(9-12)10-5-2-1-3-6-10/h1-3,5-6,9H,4,7-8H2. The van der Waals surface area contributed by atoms with Crippen molar-refractivity contribution < 1.29 is 8.78 Å². The van der Waals surface area contributed by atoms with Crippen LogP contribution in [0.2, 0.25) is 0 Å². The van der Waals surface area contributed by atoms with E-state index < -0.39 is 5.92 Å². The Labute approximate surface area is 82.3 Å². The van der Waals surface area contributed by atoms with Crippen LogP contribution in [0.15, 0.2) is 36.4 Å². The molecule has 14 heavy (non-hydrogen) atoms. The molecular formula is C12H12F2. The molecule has 2 heteroatoms. The first-order valence-electron chi connectivity index (χ1n) is 4.82. The van der Waals surface area contributed by atoms with E-state index in [2.05, 4.69) is 0 Å². The van der Waals surface area contributed by atoms with Gasteiger partial charge in [0.25, 0.3) is 5.92 Å². The second-order valence-electron chi connectivity index (χ2n) is 3.65. The molecule has 0 heterocycles. The molecule has 0 radical (unpaired) electrons. The van der Waals surface area contributed by atoms with Crippen molar-refractivity contribution in [3.63, 3.8) is 0 Å². The minimum atomic E-state index is -2.61. The van der Waals surface area contributed by atoms with Crippen molar-refractivity contribution >= 4 is 5.57 Å². The summed E-state index contributed by atoms with van der Waals surface area (Å²) in [5.41, 5.74) is 1.70. The highest BCUT2D eigenvalue weighted by Gasteiger charge is 2.29. The van der Waals surface area contributed by atoms with Gasteiger partial charge < -0.3 is 0 Å². The molecule has 1 aromatic carbocycles. The van der Waals surface area contributed by atoms with E-state index in [0.717, 1.165) is 23.6 Å². The minimum absolute atomic E-state index is 0.0106. The highest BCUT2D eigenvalue weighted by molar-refractivity contribution is 5.67. The lowest BCUT2D eigenvalue weighted by Crippen LogP contribution is -2.16. The molecule has 0 amide bonds. The summed E-state index contributed by atoms with van der Waals surface area (Å²) in [5, 5.41) is 0. The number of hydrogen-bond donors (Lipinski definition) is 0. The lowest BCUT2D eigenvalue weighted by Gasteiger charge is -2.20. The Morgan fingerprint density at radius 2 is 1.79 bits per heavy atom. The van der Waals surface area contributed by atoms with Crippen LogP contribution in [0.25, 0.3) is 5.57 Å². The van der Waals surface area contributed by atoms with Gasteiger partial charge in [-0.1, -0.05) is 30.3 Å². The number of alkyl halides is 2. The Morgan fingerprint density at radius 3 is 2.43 bits per heavy atom. The molecule has 0 spiro atoms. The molecule has 1 aliphatic carbocycles. The molecule has 0 fully saturated rings. The molecule has 0 N–H and O–H groups in total. The molecule has 0 unspecified atom stereocenters. The normalized spacial score (nSPS) is 20.3. The Hall–Kier alpha value is -1.18. The summed E-state index contributed by atoms with van der Waals surface area (Å²) in [6.07, 6.45) is 2.45. The molecule has 0 aromatic heterocycles. The van der Waals surface area contributed by atoms with Crippen molar-refractivity contribution in [3.05, 3.63) is 42.0 Å². The number of benzene rings is 1. The highest BCUT2D eigenvalue weighted by Crippen LogP contribution is 2.35. The van der Waals surface area contributed by atoms with Crippen LogP contribution < -0.4 is 0 Å². The zero-order valence-corrected chi connectivity index (χ0v) is 7.84. The van der Waals surface area contributed by atoms with Gasteiger partial charge in [0.15, 0.2) is 0 Å². The molecule has 0 bridgehead atoms. The zero-order valence-electron chi connectivity index (χ0n) is 7.84. The van der Waals surface area contributed by atoms with Gasteiger partial charge in [0.1, 0.15) is 0 Å². The lowest BCUT2D eigenvalue weighted by molar-refractivity contribution is 0.0404. The van der Waals surface area contributed by atoms with Gasteiger partial charge in [-0.05, 0) is 30.1 Å². The van der Waals surface area contributed by atoms with Gasteiger partial charge in [-0.15, -0.1) is 0 Å².